The average molecular weight is 329 g/mol. The van der Waals surface area contributed by atoms with Crippen LogP contribution in [0.2, 0.25) is 19.1 Å². The van der Waals surface area contributed by atoms with E-state index in [2.05, 4.69) is 13.1 Å². The van der Waals surface area contributed by atoms with Gasteiger partial charge in [-0.1, -0.05) is 57.7 Å². The normalized spacial score (nSPS) is 11.1. The van der Waals surface area contributed by atoms with Gasteiger partial charge in [-0.25, -0.2) is 0 Å². The molecule has 125 valence electrons. The Balaban J connectivity index is 2.03. The quantitative estimate of drug-likeness (QED) is 0.427. The van der Waals surface area contributed by atoms with E-state index in [0.29, 0.717) is 6.61 Å². The Morgan fingerprint density at radius 3 is 2.14 bits per heavy atom. The third-order valence-electron chi connectivity index (χ3n) is 3.61. The van der Waals surface area contributed by atoms with Gasteiger partial charge in [0.1, 0.15) is 0 Å². The SMILES string of the molecule is C[Si](C)CCCCCCCCCOc1ccc(O)c(F)c1F. The second-order valence-corrected chi connectivity index (χ2v) is 8.91. The lowest BCUT2D eigenvalue weighted by Gasteiger charge is -2.08. The standard InChI is InChI=1S/C17H27F2O2Si/c1-22(2)13-9-7-5-3-4-6-8-12-21-15-11-10-14(20)16(18)17(15)19/h10-11,20H,3-9,12-13H2,1-2H3. The Hall–Kier alpha value is -1.10. The first kappa shape index (κ1) is 18.9. The van der Waals surface area contributed by atoms with E-state index in [1.807, 2.05) is 0 Å². The van der Waals surface area contributed by atoms with Gasteiger partial charge in [0, 0.05) is 8.80 Å². The predicted octanol–water partition coefficient (Wildman–Crippen LogP) is 5.53. The molecule has 1 aromatic carbocycles. The number of rotatable bonds is 11. The van der Waals surface area contributed by atoms with Gasteiger partial charge in [0.15, 0.2) is 11.5 Å². The zero-order valence-corrected chi connectivity index (χ0v) is 14.6. The molecule has 0 unspecified atom stereocenters. The number of aromatic hydroxyl groups is 1. The van der Waals surface area contributed by atoms with Gasteiger partial charge in [-0.3, -0.25) is 0 Å². The molecule has 0 saturated carbocycles. The maximum Gasteiger partial charge on any atom is 0.204 e. The molecule has 0 amide bonds. The van der Waals surface area contributed by atoms with Crippen molar-refractivity contribution >= 4 is 8.80 Å². The minimum absolute atomic E-state index is 0.0638. The molecular weight excluding hydrogens is 302 g/mol. The Morgan fingerprint density at radius 2 is 1.50 bits per heavy atom. The largest absolute Gasteiger partial charge is 0.505 e. The Morgan fingerprint density at radius 1 is 0.909 bits per heavy atom. The van der Waals surface area contributed by atoms with E-state index in [4.69, 9.17) is 9.84 Å². The fraction of sp³-hybridized carbons (Fsp3) is 0.647. The number of hydrogen-bond acceptors (Lipinski definition) is 2. The first-order valence-electron chi connectivity index (χ1n) is 8.11. The van der Waals surface area contributed by atoms with Crippen LogP contribution in [0.5, 0.6) is 11.5 Å². The van der Waals surface area contributed by atoms with Gasteiger partial charge in [-0.15, -0.1) is 0 Å². The van der Waals surface area contributed by atoms with Crippen LogP contribution in [-0.2, 0) is 0 Å². The lowest BCUT2D eigenvalue weighted by atomic mass is 10.1. The van der Waals surface area contributed by atoms with Gasteiger partial charge in [-0.05, 0) is 18.6 Å². The first-order chi connectivity index (χ1) is 10.5. The van der Waals surface area contributed by atoms with E-state index in [1.54, 1.807) is 0 Å². The highest BCUT2D eigenvalue weighted by atomic mass is 28.3. The number of phenols is 1. The van der Waals surface area contributed by atoms with Gasteiger partial charge in [0.05, 0.1) is 6.61 Å². The highest BCUT2D eigenvalue weighted by Gasteiger charge is 2.13. The van der Waals surface area contributed by atoms with Crippen molar-refractivity contribution in [2.24, 2.45) is 0 Å². The molecule has 2 nitrogen and oxygen atoms in total. The van der Waals surface area contributed by atoms with Crippen molar-refractivity contribution in [3.05, 3.63) is 23.8 Å². The summed E-state index contributed by atoms with van der Waals surface area (Å²) < 4.78 is 31.7. The van der Waals surface area contributed by atoms with Crippen LogP contribution in [0.1, 0.15) is 44.9 Å². The van der Waals surface area contributed by atoms with Gasteiger partial charge >= 0.3 is 0 Å². The van der Waals surface area contributed by atoms with Crippen molar-refractivity contribution in [2.75, 3.05) is 6.61 Å². The Labute approximate surface area is 134 Å². The van der Waals surface area contributed by atoms with Crippen LogP contribution in [0.25, 0.3) is 0 Å². The zero-order valence-electron chi connectivity index (χ0n) is 13.6. The molecule has 0 aliphatic carbocycles. The molecule has 0 bridgehead atoms. The third-order valence-corrected chi connectivity index (χ3v) is 4.96. The molecule has 0 aliphatic rings. The number of ether oxygens (including phenoxy) is 1. The van der Waals surface area contributed by atoms with Crippen LogP contribution in [0.3, 0.4) is 0 Å². The van der Waals surface area contributed by atoms with Crippen molar-refractivity contribution in [3.63, 3.8) is 0 Å². The maximum absolute atomic E-state index is 13.4. The minimum atomic E-state index is -1.25. The molecule has 22 heavy (non-hydrogen) atoms. The van der Waals surface area contributed by atoms with Crippen molar-refractivity contribution < 1.29 is 18.6 Å². The fourth-order valence-electron chi connectivity index (χ4n) is 2.28. The van der Waals surface area contributed by atoms with Gasteiger partial charge < -0.3 is 9.84 Å². The van der Waals surface area contributed by atoms with Crippen LogP contribution in [0, 0.1) is 11.6 Å². The molecule has 0 atom stereocenters. The lowest BCUT2D eigenvalue weighted by Crippen LogP contribution is -2.00. The van der Waals surface area contributed by atoms with Crippen LogP contribution in [0.4, 0.5) is 8.78 Å². The van der Waals surface area contributed by atoms with E-state index in [1.165, 1.54) is 37.8 Å². The van der Waals surface area contributed by atoms with Gasteiger partial charge in [0.25, 0.3) is 0 Å². The average Bonchev–Trinajstić information content (AvgIpc) is 2.48. The summed E-state index contributed by atoms with van der Waals surface area (Å²) >= 11 is 0. The van der Waals surface area contributed by atoms with E-state index >= 15 is 0 Å². The van der Waals surface area contributed by atoms with Crippen LogP contribution in [-0.4, -0.2) is 20.5 Å². The maximum atomic E-state index is 13.4. The summed E-state index contributed by atoms with van der Waals surface area (Å²) in [5.41, 5.74) is 0. The summed E-state index contributed by atoms with van der Waals surface area (Å²) in [5.74, 6) is -3.19. The molecule has 0 spiro atoms. The molecule has 0 fully saturated rings. The number of unbranched alkanes of at least 4 members (excludes halogenated alkanes) is 6. The lowest BCUT2D eigenvalue weighted by molar-refractivity contribution is 0.281. The molecular formula is C17H27F2O2Si. The van der Waals surface area contributed by atoms with Crippen LogP contribution >= 0.6 is 0 Å². The molecule has 1 rings (SSSR count). The smallest absolute Gasteiger partial charge is 0.204 e. The van der Waals surface area contributed by atoms with E-state index in [-0.39, 0.29) is 14.5 Å². The molecule has 1 N–H and O–H groups in total. The fourth-order valence-corrected chi connectivity index (χ4v) is 3.24. The Bertz CT molecular complexity index is 439. The highest BCUT2D eigenvalue weighted by molar-refractivity contribution is 6.55. The van der Waals surface area contributed by atoms with Crippen molar-refractivity contribution in [1.82, 2.24) is 0 Å². The topological polar surface area (TPSA) is 29.5 Å². The molecule has 0 aromatic heterocycles. The minimum Gasteiger partial charge on any atom is -0.505 e. The number of hydrogen-bond donors (Lipinski definition) is 1. The predicted molar refractivity (Wildman–Crippen MR) is 88.1 cm³/mol. The molecule has 1 aromatic rings. The number of phenolic OH excluding ortho intramolecular Hbond substituents is 1. The summed E-state index contributed by atoms with van der Waals surface area (Å²) in [6, 6.07) is 3.77. The Kier molecular flexibility index (Phi) is 9.12. The number of halogens is 2. The van der Waals surface area contributed by atoms with Gasteiger partial charge in [0.2, 0.25) is 11.6 Å². The molecule has 0 aliphatic heterocycles. The van der Waals surface area contributed by atoms with Crippen LogP contribution < -0.4 is 4.74 Å². The van der Waals surface area contributed by atoms with Crippen molar-refractivity contribution in [2.45, 2.75) is 64.1 Å². The third kappa shape index (κ3) is 7.25. The monoisotopic (exact) mass is 329 g/mol. The molecule has 1 radical (unpaired) electrons. The second-order valence-electron chi connectivity index (χ2n) is 5.99. The summed E-state index contributed by atoms with van der Waals surface area (Å²) in [6.07, 6.45) is 8.23. The highest BCUT2D eigenvalue weighted by Crippen LogP contribution is 2.26. The number of benzene rings is 1. The second kappa shape index (κ2) is 10.6. The molecule has 5 heteroatoms. The van der Waals surface area contributed by atoms with Crippen molar-refractivity contribution in [1.29, 1.82) is 0 Å². The van der Waals surface area contributed by atoms with Gasteiger partial charge in [-0.2, -0.15) is 8.78 Å². The summed E-state index contributed by atoms with van der Waals surface area (Å²) in [6.45, 7) is 5.08. The summed E-state index contributed by atoms with van der Waals surface area (Å²) in [5, 5.41) is 9.02. The molecule has 0 saturated heterocycles. The summed E-state index contributed by atoms with van der Waals surface area (Å²) in [4.78, 5) is 0. The van der Waals surface area contributed by atoms with Crippen LogP contribution in [0.15, 0.2) is 12.1 Å². The zero-order chi connectivity index (χ0) is 16.4. The first-order valence-corrected chi connectivity index (χ1v) is 10.8. The summed E-state index contributed by atoms with van der Waals surface area (Å²) in [7, 11) is -0.0638. The molecule has 0 heterocycles. The van der Waals surface area contributed by atoms with E-state index in [9.17, 15) is 8.78 Å². The van der Waals surface area contributed by atoms with Crippen molar-refractivity contribution in [3.8, 4) is 11.5 Å². The van der Waals surface area contributed by atoms with E-state index < -0.39 is 17.4 Å². The van der Waals surface area contributed by atoms with E-state index in [0.717, 1.165) is 25.3 Å².